The number of hydrogen-bond donors (Lipinski definition) is 2. The predicted molar refractivity (Wildman–Crippen MR) is 59.6 cm³/mol. The molecule has 14 heavy (non-hydrogen) atoms. The van der Waals surface area contributed by atoms with Crippen molar-refractivity contribution in [3.8, 4) is 0 Å². The summed E-state index contributed by atoms with van der Waals surface area (Å²) in [5.74, 6) is 0.802. The zero-order chi connectivity index (χ0) is 10.6. The highest BCUT2D eigenvalue weighted by molar-refractivity contribution is 8.10. The number of hydrogen-bond acceptors (Lipinski definition) is 5. The van der Waals surface area contributed by atoms with Gasteiger partial charge in [-0.15, -0.1) is 11.8 Å². The van der Waals surface area contributed by atoms with Gasteiger partial charge in [0.15, 0.2) is 0 Å². The van der Waals surface area contributed by atoms with E-state index in [4.69, 9.17) is 32.3 Å². The smallest absolute Gasteiger partial charge is 0.0840 e. The van der Waals surface area contributed by atoms with Crippen molar-refractivity contribution in [3.05, 3.63) is 0 Å². The van der Waals surface area contributed by atoms with E-state index in [0.29, 0.717) is 26.4 Å². The van der Waals surface area contributed by atoms with Gasteiger partial charge in [0, 0.05) is 5.75 Å². The fraction of sp³-hybridized carbons (Fsp3) is 1.00. The molecule has 0 aliphatic carbocycles. The number of ether oxygens (including phenoxy) is 2. The molecule has 1 radical (unpaired) electrons. The molecule has 0 bridgehead atoms. The lowest BCUT2D eigenvalue weighted by Gasteiger charge is -2.09. The summed E-state index contributed by atoms with van der Waals surface area (Å²) < 4.78 is 10.1. The third kappa shape index (κ3) is 10.6. The summed E-state index contributed by atoms with van der Waals surface area (Å²) in [5.41, 5.74) is 0. The highest BCUT2D eigenvalue weighted by Gasteiger charge is 2.03. The van der Waals surface area contributed by atoms with Crippen molar-refractivity contribution in [1.29, 1.82) is 0 Å². The Bertz CT molecular complexity index is 116. The molecule has 0 aromatic heterocycles. The summed E-state index contributed by atoms with van der Waals surface area (Å²) in [5, 5.41) is 16.9. The van der Waals surface area contributed by atoms with E-state index in [-0.39, 0.29) is 17.8 Å². The molecule has 6 heteroatoms. The second-order valence-corrected chi connectivity index (χ2v) is 4.61. The Kier molecular flexibility index (Phi) is 12.1. The van der Waals surface area contributed by atoms with E-state index >= 15 is 0 Å². The van der Waals surface area contributed by atoms with E-state index in [1.165, 1.54) is 0 Å². The summed E-state index contributed by atoms with van der Waals surface area (Å²) in [4.78, 5) is 0. The minimum absolute atomic E-state index is 0.000670. The maximum absolute atomic E-state index is 8.44. The van der Waals surface area contributed by atoms with Crippen LogP contribution < -0.4 is 0 Å². The van der Waals surface area contributed by atoms with Crippen LogP contribution in [0.3, 0.4) is 0 Å². The number of aliphatic hydroxyl groups is 2. The first-order valence-electron chi connectivity index (χ1n) is 4.46. The zero-order valence-electron chi connectivity index (χ0n) is 8.05. The third-order valence-corrected chi connectivity index (χ3v) is 2.71. The quantitative estimate of drug-likeness (QED) is 0.537. The normalized spacial score (nSPS) is 13.1. The number of thioether (sulfide) groups is 1. The summed E-state index contributed by atoms with van der Waals surface area (Å²) in [6, 6.07) is 0. The summed E-state index contributed by atoms with van der Waals surface area (Å²) >= 11 is 6.66. The van der Waals surface area contributed by atoms with Crippen molar-refractivity contribution >= 4 is 24.4 Å². The van der Waals surface area contributed by atoms with Crippen LogP contribution in [0, 0.1) is 0 Å². The van der Waals surface area contributed by atoms with Gasteiger partial charge in [0.2, 0.25) is 0 Å². The summed E-state index contributed by atoms with van der Waals surface area (Å²) in [6.45, 7) is 1.88. The molecular weight excluding hydrogens is 224 g/mol. The highest BCUT2D eigenvalue weighted by atomic mass is 32.2. The molecule has 0 heterocycles. The molecule has 2 N–H and O–H groups in total. The SMILES string of the molecule is OCCOCCSC([S])COCCO. The Labute approximate surface area is 94.4 Å². The van der Waals surface area contributed by atoms with Gasteiger partial charge in [0.05, 0.1) is 44.2 Å². The van der Waals surface area contributed by atoms with E-state index in [1.54, 1.807) is 11.8 Å². The van der Waals surface area contributed by atoms with Gasteiger partial charge in [0.1, 0.15) is 0 Å². The van der Waals surface area contributed by atoms with Crippen LogP contribution in [0.5, 0.6) is 0 Å². The fourth-order valence-electron chi connectivity index (χ4n) is 0.697. The van der Waals surface area contributed by atoms with Gasteiger partial charge in [-0.2, -0.15) is 0 Å². The van der Waals surface area contributed by atoms with Crippen molar-refractivity contribution < 1.29 is 19.7 Å². The molecular formula is C8H17O4S2. The lowest BCUT2D eigenvalue weighted by molar-refractivity contribution is 0.0995. The lowest BCUT2D eigenvalue weighted by Crippen LogP contribution is -2.10. The molecule has 0 saturated carbocycles. The molecule has 0 rings (SSSR count). The van der Waals surface area contributed by atoms with Crippen LogP contribution in [0.2, 0.25) is 0 Å². The molecule has 0 aliphatic rings. The molecule has 0 spiro atoms. The minimum atomic E-state index is -0.000670. The molecule has 85 valence electrons. The highest BCUT2D eigenvalue weighted by Crippen LogP contribution is 2.14. The predicted octanol–water partition coefficient (Wildman–Crippen LogP) is 0.261. The monoisotopic (exact) mass is 241 g/mol. The average molecular weight is 241 g/mol. The Hall–Kier alpha value is 0.540. The molecule has 1 unspecified atom stereocenters. The summed E-state index contributed by atoms with van der Waals surface area (Å²) in [6.07, 6.45) is 0. The van der Waals surface area contributed by atoms with E-state index in [1.807, 2.05) is 0 Å². The van der Waals surface area contributed by atoms with Crippen LogP contribution >= 0.6 is 24.4 Å². The Morgan fingerprint density at radius 3 is 2.36 bits per heavy atom. The maximum atomic E-state index is 8.44. The topological polar surface area (TPSA) is 58.9 Å². The molecule has 0 fully saturated rings. The van der Waals surface area contributed by atoms with Crippen molar-refractivity contribution in [2.24, 2.45) is 0 Å². The molecule has 0 aliphatic heterocycles. The van der Waals surface area contributed by atoms with E-state index in [2.05, 4.69) is 0 Å². The van der Waals surface area contributed by atoms with Gasteiger partial charge >= 0.3 is 0 Å². The van der Waals surface area contributed by atoms with E-state index in [9.17, 15) is 0 Å². The molecule has 0 amide bonds. The molecule has 1 atom stereocenters. The van der Waals surface area contributed by atoms with Gasteiger partial charge < -0.3 is 19.7 Å². The van der Waals surface area contributed by atoms with Gasteiger partial charge in [-0.3, -0.25) is 0 Å². The van der Waals surface area contributed by atoms with Crippen molar-refractivity contribution in [2.45, 2.75) is 4.58 Å². The van der Waals surface area contributed by atoms with Crippen molar-refractivity contribution in [2.75, 3.05) is 45.4 Å². The van der Waals surface area contributed by atoms with Crippen LogP contribution in [-0.4, -0.2) is 60.2 Å². The zero-order valence-corrected chi connectivity index (χ0v) is 9.69. The standard InChI is InChI=1S/C8H17O4S2/c9-1-3-11-5-6-14-8(13)7-12-4-2-10/h8-10H,1-7H2. The van der Waals surface area contributed by atoms with E-state index in [0.717, 1.165) is 5.75 Å². The Morgan fingerprint density at radius 1 is 1.07 bits per heavy atom. The first-order valence-corrected chi connectivity index (χ1v) is 5.98. The third-order valence-electron chi connectivity index (χ3n) is 1.26. The fourth-order valence-corrected chi connectivity index (χ4v) is 1.75. The summed E-state index contributed by atoms with van der Waals surface area (Å²) in [7, 11) is 0. The van der Waals surface area contributed by atoms with Crippen molar-refractivity contribution in [3.63, 3.8) is 0 Å². The van der Waals surface area contributed by atoms with E-state index < -0.39 is 0 Å². The second-order valence-electron chi connectivity index (χ2n) is 2.43. The van der Waals surface area contributed by atoms with Crippen molar-refractivity contribution in [1.82, 2.24) is 0 Å². The lowest BCUT2D eigenvalue weighted by atomic mass is 10.7. The molecule has 0 saturated heterocycles. The van der Waals surface area contributed by atoms with Crippen LogP contribution in [0.4, 0.5) is 0 Å². The Balaban J connectivity index is 3.06. The molecule has 0 aromatic rings. The minimum Gasteiger partial charge on any atom is -0.394 e. The number of aliphatic hydroxyl groups excluding tert-OH is 2. The average Bonchev–Trinajstić information content (AvgIpc) is 2.18. The Morgan fingerprint density at radius 2 is 1.71 bits per heavy atom. The molecule has 0 aromatic carbocycles. The first-order chi connectivity index (χ1) is 6.81. The molecule has 4 nitrogen and oxygen atoms in total. The van der Waals surface area contributed by atoms with Gasteiger partial charge in [0.25, 0.3) is 0 Å². The first kappa shape index (κ1) is 14.5. The second kappa shape index (κ2) is 11.6. The number of rotatable bonds is 10. The van der Waals surface area contributed by atoms with Crippen LogP contribution in [0.1, 0.15) is 0 Å². The van der Waals surface area contributed by atoms with Gasteiger partial charge in [-0.05, 0) is 0 Å². The van der Waals surface area contributed by atoms with Crippen LogP contribution in [0.15, 0.2) is 0 Å². The maximum Gasteiger partial charge on any atom is 0.0840 e. The largest absolute Gasteiger partial charge is 0.394 e. The van der Waals surface area contributed by atoms with Gasteiger partial charge in [-0.1, -0.05) is 12.6 Å². The van der Waals surface area contributed by atoms with Gasteiger partial charge in [-0.25, -0.2) is 0 Å². The van der Waals surface area contributed by atoms with Crippen LogP contribution in [0.25, 0.3) is 0 Å². The van der Waals surface area contributed by atoms with Crippen LogP contribution in [-0.2, 0) is 9.47 Å².